The van der Waals surface area contributed by atoms with Gasteiger partial charge in [0.15, 0.2) is 5.96 Å². The largest absolute Gasteiger partial charge is 0.490 e. The molecule has 1 atom stereocenters. The predicted octanol–water partition coefficient (Wildman–Crippen LogP) is 3.45. The third-order valence-electron chi connectivity index (χ3n) is 4.77. The Labute approximate surface area is 190 Å². The molecule has 1 aliphatic rings. The zero-order chi connectivity index (χ0) is 19.4. The number of aliphatic imine (C=N–C) groups is 1. The molecule has 1 fully saturated rings. The van der Waals surface area contributed by atoms with Crippen LogP contribution in [0.25, 0.3) is 0 Å². The average Bonchev–Trinajstić information content (AvgIpc) is 3.27. The number of rotatable bonds is 9. The first-order valence-corrected chi connectivity index (χ1v) is 10.2. The van der Waals surface area contributed by atoms with Crippen molar-refractivity contribution in [3.05, 3.63) is 48.7 Å². The number of piperidine rings is 1. The van der Waals surface area contributed by atoms with Crippen LogP contribution in [0.3, 0.4) is 0 Å². The third kappa shape index (κ3) is 7.85. The van der Waals surface area contributed by atoms with E-state index in [1.54, 1.807) is 18.7 Å². The van der Waals surface area contributed by atoms with Gasteiger partial charge in [0.25, 0.3) is 0 Å². The number of hydrogen-bond donors (Lipinski definition) is 2. The van der Waals surface area contributed by atoms with Gasteiger partial charge in [0.05, 0.1) is 31.6 Å². The molecule has 0 saturated carbocycles. The van der Waals surface area contributed by atoms with E-state index in [1.807, 2.05) is 18.2 Å². The standard InChI is InChI=1S/C21H31N5O2.HI/c1-2-23-21(24-11-15-27-18-8-6-10-22-16-18)25-17-19(20-9-7-14-28-20)26-12-4-3-5-13-26;/h6-10,14,16,19H,2-5,11-13,15,17H2,1H3,(H2,23,24,25);1H. The second-order valence-corrected chi connectivity index (χ2v) is 6.81. The number of ether oxygens (including phenoxy) is 1. The van der Waals surface area contributed by atoms with Gasteiger partial charge in [-0.05, 0) is 57.1 Å². The van der Waals surface area contributed by atoms with Gasteiger partial charge in [0.1, 0.15) is 18.1 Å². The summed E-state index contributed by atoms with van der Waals surface area (Å²) in [4.78, 5) is 11.4. The van der Waals surface area contributed by atoms with Crippen molar-refractivity contribution >= 4 is 29.9 Å². The van der Waals surface area contributed by atoms with Gasteiger partial charge in [0.2, 0.25) is 0 Å². The fourth-order valence-corrected chi connectivity index (χ4v) is 3.39. The monoisotopic (exact) mass is 513 g/mol. The number of nitrogens with one attached hydrogen (secondary N) is 2. The van der Waals surface area contributed by atoms with Gasteiger partial charge in [-0.25, -0.2) is 0 Å². The molecule has 7 nitrogen and oxygen atoms in total. The van der Waals surface area contributed by atoms with Crippen LogP contribution in [0.5, 0.6) is 5.75 Å². The molecule has 0 aromatic carbocycles. The molecular formula is C21H32IN5O2. The molecule has 8 heteroatoms. The van der Waals surface area contributed by atoms with Crippen LogP contribution in [0, 0.1) is 0 Å². The Morgan fingerprint density at radius 1 is 1.24 bits per heavy atom. The maximum Gasteiger partial charge on any atom is 0.191 e. The van der Waals surface area contributed by atoms with Crippen LogP contribution in [0.2, 0.25) is 0 Å². The molecular weight excluding hydrogens is 481 g/mol. The molecule has 160 valence electrons. The molecule has 1 saturated heterocycles. The summed E-state index contributed by atoms with van der Waals surface area (Å²) in [7, 11) is 0. The lowest BCUT2D eigenvalue weighted by atomic mass is 10.1. The van der Waals surface area contributed by atoms with E-state index in [0.717, 1.165) is 37.1 Å². The second-order valence-electron chi connectivity index (χ2n) is 6.81. The lowest BCUT2D eigenvalue weighted by Crippen LogP contribution is -2.40. The van der Waals surface area contributed by atoms with Gasteiger partial charge >= 0.3 is 0 Å². The quantitative estimate of drug-likeness (QED) is 0.232. The van der Waals surface area contributed by atoms with E-state index in [9.17, 15) is 0 Å². The number of guanidine groups is 1. The Morgan fingerprint density at radius 2 is 2.10 bits per heavy atom. The van der Waals surface area contributed by atoms with Gasteiger partial charge in [-0.2, -0.15) is 0 Å². The number of hydrogen-bond acceptors (Lipinski definition) is 5. The minimum absolute atomic E-state index is 0. The number of pyridine rings is 1. The van der Waals surface area contributed by atoms with Crippen molar-refractivity contribution in [2.75, 3.05) is 39.3 Å². The SMILES string of the molecule is CCNC(=NCC(c1ccco1)N1CCCCC1)NCCOc1cccnc1.I. The highest BCUT2D eigenvalue weighted by Crippen LogP contribution is 2.25. The van der Waals surface area contributed by atoms with Crippen LogP contribution >= 0.6 is 24.0 Å². The van der Waals surface area contributed by atoms with Crippen molar-refractivity contribution in [1.29, 1.82) is 0 Å². The highest BCUT2D eigenvalue weighted by atomic mass is 127. The topological polar surface area (TPSA) is 74.9 Å². The van der Waals surface area contributed by atoms with Gasteiger partial charge < -0.3 is 19.8 Å². The van der Waals surface area contributed by atoms with E-state index >= 15 is 0 Å². The molecule has 0 aliphatic carbocycles. The maximum atomic E-state index is 5.71. The van der Waals surface area contributed by atoms with Crippen molar-refractivity contribution in [3.8, 4) is 5.75 Å². The van der Waals surface area contributed by atoms with Gasteiger partial charge in [0, 0.05) is 12.7 Å². The lowest BCUT2D eigenvalue weighted by molar-refractivity contribution is 0.150. The van der Waals surface area contributed by atoms with Crippen molar-refractivity contribution < 1.29 is 9.15 Å². The van der Waals surface area contributed by atoms with Crippen LogP contribution in [0.4, 0.5) is 0 Å². The zero-order valence-corrected chi connectivity index (χ0v) is 19.4. The molecule has 0 spiro atoms. The van der Waals surface area contributed by atoms with Crippen molar-refractivity contribution in [2.45, 2.75) is 32.2 Å². The summed E-state index contributed by atoms with van der Waals surface area (Å²) in [6, 6.07) is 7.95. The molecule has 29 heavy (non-hydrogen) atoms. The summed E-state index contributed by atoms with van der Waals surface area (Å²) >= 11 is 0. The molecule has 2 aromatic heterocycles. The Kier molecular flexibility index (Phi) is 10.9. The molecule has 1 aliphatic heterocycles. The molecule has 2 N–H and O–H groups in total. The summed E-state index contributed by atoms with van der Waals surface area (Å²) in [5, 5.41) is 6.65. The summed E-state index contributed by atoms with van der Waals surface area (Å²) in [6.45, 7) is 6.95. The first kappa shape index (κ1) is 23.5. The minimum atomic E-state index is 0. The lowest BCUT2D eigenvalue weighted by Gasteiger charge is -2.32. The fraction of sp³-hybridized carbons (Fsp3) is 0.524. The first-order valence-electron chi connectivity index (χ1n) is 10.2. The van der Waals surface area contributed by atoms with E-state index in [4.69, 9.17) is 14.1 Å². The van der Waals surface area contributed by atoms with E-state index in [1.165, 1.54) is 19.3 Å². The van der Waals surface area contributed by atoms with E-state index in [-0.39, 0.29) is 30.0 Å². The van der Waals surface area contributed by atoms with E-state index < -0.39 is 0 Å². The normalized spacial score (nSPS) is 16.0. The fourth-order valence-electron chi connectivity index (χ4n) is 3.39. The van der Waals surface area contributed by atoms with Gasteiger partial charge in [-0.15, -0.1) is 24.0 Å². The van der Waals surface area contributed by atoms with Crippen LogP contribution in [0.15, 0.2) is 52.3 Å². The van der Waals surface area contributed by atoms with E-state index in [2.05, 4.69) is 33.5 Å². The van der Waals surface area contributed by atoms with Gasteiger partial charge in [-0.3, -0.25) is 14.9 Å². The average molecular weight is 513 g/mol. The number of likely N-dealkylation sites (tertiary alicyclic amines) is 1. The first-order chi connectivity index (χ1) is 13.9. The summed E-state index contributed by atoms with van der Waals surface area (Å²) < 4.78 is 11.4. The highest BCUT2D eigenvalue weighted by molar-refractivity contribution is 14.0. The van der Waals surface area contributed by atoms with Crippen LogP contribution < -0.4 is 15.4 Å². The maximum absolute atomic E-state index is 5.71. The summed E-state index contributed by atoms with van der Waals surface area (Å²) in [5.74, 6) is 2.56. The Bertz CT molecular complexity index is 690. The summed E-state index contributed by atoms with van der Waals surface area (Å²) in [5.41, 5.74) is 0. The molecule has 3 rings (SSSR count). The van der Waals surface area contributed by atoms with Crippen molar-refractivity contribution in [1.82, 2.24) is 20.5 Å². The number of halogens is 1. The third-order valence-corrected chi connectivity index (χ3v) is 4.77. The summed E-state index contributed by atoms with van der Waals surface area (Å²) in [6.07, 6.45) is 8.99. The molecule has 0 bridgehead atoms. The van der Waals surface area contributed by atoms with Crippen LogP contribution in [0.1, 0.15) is 38.0 Å². The Balaban J connectivity index is 0.00000300. The molecule has 0 amide bonds. The van der Waals surface area contributed by atoms with Crippen molar-refractivity contribution in [2.24, 2.45) is 4.99 Å². The molecule has 2 aromatic rings. The number of furan rings is 1. The molecule has 1 unspecified atom stereocenters. The van der Waals surface area contributed by atoms with E-state index in [0.29, 0.717) is 19.7 Å². The Morgan fingerprint density at radius 3 is 2.79 bits per heavy atom. The Hall–Kier alpha value is -1.81. The highest BCUT2D eigenvalue weighted by Gasteiger charge is 2.24. The molecule has 0 radical (unpaired) electrons. The van der Waals surface area contributed by atoms with Crippen LogP contribution in [-0.2, 0) is 0 Å². The predicted molar refractivity (Wildman–Crippen MR) is 126 cm³/mol. The number of aromatic nitrogens is 1. The van der Waals surface area contributed by atoms with Gasteiger partial charge in [-0.1, -0.05) is 6.42 Å². The van der Waals surface area contributed by atoms with Crippen LogP contribution in [-0.4, -0.2) is 55.2 Å². The number of nitrogens with zero attached hydrogens (tertiary/aromatic N) is 3. The second kappa shape index (κ2) is 13.4. The molecule has 3 heterocycles. The minimum Gasteiger partial charge on any atom is -0.490 e. The van der Waals surface area contributed by atoms with Crippen molar-refractivity contribution in [3.63, 3.8) is 0 Å². The smallest absolute Gasteiger partial charge is 0.191 e. The zero-order valence-electron chi connectivity index (χ0n) is 17.0.